The number of hydrogen-bond acceptors (Lipinski definition) is 3. The number of rotatable bonds is 5. The molecule has 0 aliphatic heterocycles. The summed E-state index contributed by atoms with van der Waals surface area (Å²) in [4.78, 5) is 24.7. The molecule has 1 N–H and O–H groups in total. The first kappa shape index (κ1) is 20.9. The molecule has 0 unspecified atom stereocenters. The van der Waals surface area contributed by atoms with E-state index in [1.165, 1.54) is 5.56 Å². The molecule has 2 aromatic carbocycles. The van der Waals surface area contributed by atoms with Gasteiger partial charge in [0.05, 0.1) is 22.3 Å². The number of aromatic nitrogens is 4. The summed E-state index contributed by atoms with van der Waals surface area (Å²) >= 11 is 0. The Morgan fingerprint density at radius 3 is 2.52 bits per heavy atom. The Bertz CT molecular complexity index is 1500. The van der Waals surface area contributed by atoms with E-state index in [-0.39, 0.29) is 5.56 Å². The van der Waals surface area contributed by atoms with E-state index in [9.17, 15) is 4.79 Å². The van der Waals surface area contributed by atoms with Gasteiger partial charge in [-0.25, -0.2) is 4.98 Å². The van der Waals surface area contributed by atoms with Crippen LogP contribution in [0.4, 0.5) is 0 Å². The molecule has 0 aliphatic carbocycles. The van der Waals surface area contributed by atoms with Crippen molar-refractivity contribution in [1.82, 2.24) is 19.5 Å². The molecule has 3 heterocycles. The van der Waals surface area contributed by atoms with Crippen LogP contribution in [-0.4, -0.2) is 19.5 Å². The Balaban J connectivity index is 1.73. The van der Waals surface area contributed by atoms with Crippen molar-refractivity contribution in [2.45, 2.75) is 20.3 Å². The van der Waals surface area contributed by atoms with Crippen LogP contribution in [0.25, 0.3) is 44.8 Å². The Morgan fingerprint density at radius 1 is 0.939 bits per heavy atom. The summed E-state index contributed by atoms with van der Waals surface area (Å²) in [5, 5.41) is 0. The van der Waals surface area contributed by atoms with Crippen LogP contribution in [0, 0.1) is 5.92 Å². The topological polar surface area (TPSA) is 63.6 Å². The highest BCUT2D eigenvalue weighted by molar-refractivity contribution is 5.95. The second kappa shape index (κ2) is 8.51. The number of benzene rings is 2. The second-order valence-corrected chi connectivity index (χ2v) is 8.81. The molecule has 0 aliphatic rings. The molecule has 5 heteroatoms. The lowest BCUT2D eigenvalue weighted by molar-refractivity contribution is 0.647. The van der Waals surface area contributed by atoms with Crippen LogP contribution in [0.3, 0.4) is 0 Å². The summed E-state index contributed by atoms with van der Waals surface area (Å²) in [7, 11) is 1.95. The van der Waals surface area contributed by atoms with Crippen molar-refractivity contribution in [3.8, 4) is 33.8 Å². The van der Waals surface area contributed by atoms with Crippen LogP contribution in [0.15, 0.2) is 83.9 Å². The molecular weight excluding hydrogens is 408 g/mol. The summed E-state index contributed by atoms with van der Waals surface area (Å²) in [6.07, 6.45) is 4.45. The van der Waals surface area contributed by atoms with Crippen molar-refractivity contribution in [3.05, 3.63) is 95.0 Å². The van der Waals surface area contributed by atoms with Crippen LogP contribution < -0.4 is 5.56 Å². The molecule has 0 saturated heterocycles. The van der Waals surface area contributed by atoms with Crippen molar-refractivity contribution in [2.24, 2.45) is 13.0 Å². The molecule has 5 aromatic rings. The molecular formula is C28H26N4O. The Morgan fingerprint density at radius 2 is 1.76 bits per heavy atom. The summed E-state index contributed by atoms with van der Waals surface area (Å²) in [6, 6.07) is 22.5. The van der Waals surface area contributed by atoms with E-state index in [0.29, 0.717) is 17.3 Å². The van der Waals surface area contributed by atoms with Crippen molar-refractivity contribution >= 4 is 11.0 Å². The lowest BCUT2D eigenvalue weighted by atomic mass is 9.93. The fourth-order valence-electron chi connectivity index (χ4n) is 4.40. The maximum absolute atomic E-state index is 12.4. The molecule has 5 nitrogen and oxygen atoms in total. The largest absolute Gasteiger partial charge is 0.328 e. The third-order valence-corrected chi connectivity index (χ3v) is 5.88. The van der Waals surface area contributed by atoms with Gasteiger partial charge >= 0.3 is 0 Å². The maximum atomic E-state index is 12.4. The molecule has 0 radical (unpaired) electrons. The molecule has 0 amide bonds. The van der Waals surface area contributed by atoms with Gasteiger partial charge in [0.15, 0.2) is 0 Å². The summed E-state index contributed by atoms with van der Waals surface area (Å²) in [5.41, 5.74) is 7.75. The number of hydrogen-bond donors (Lipinski definition) is 1. The number of aromatic amines is 1. The number of nitrogens with zero attached hydrogens (tertiary/aromatic N) is 3. The first-order chi connectivity index (χ1) is 16.0. The van der Waals surface area contributed by atoms with Crippen LogP contribution in [0.2, 0.25) is 0 Å². The standard InChI is InChI=1S/C28H26N4O/c1-18(2)14-19-15-20(17-21(16-19)24-10-4-5-12-29-24)22-8-6-11-25-26(22)31-27(32(25)3)23-9-7-13-30-28(23)33/h4-13,15-18H,14H2,1-3H3,(H,30,33). The minimum absolute atomic E-state index is 0.145. The molecule has 5 rings (SSSR count). The van der Waals surface area contributed by atoms with Gasteiger partial charge in [-0.3, -0.25) is 9.78 Å². The Hall–Kier alpha value is -3.99. The molecule has 164 valence electrons. The minimum Gasteiger partial charge on any atom is -0.328 e. The first-order valence-corrected chi connectivity index (χ1v) is 11.2. The average molecular weight is 435 g/mol. The minimum atomic E-state index is -0.145. The van der Waals surface area contributed by atoms with E-state index in [0.717, 1.165) is 39.8 Å². The van der Waals surface area contributed by atoms with Gasteiger partial charge in [-0.2, -0.15) is 0 Å². The zero-order valence-electron chi connectivity index (χ0n) is 19.0. The molecule has 0 spiro atoms. The molecule has 0 bridgehead atoms. The predicted octanol–water partition coefficient (Wildman–Crippen LogP) is 5.86. The van der Waals surface area contributed by atoms with E-state index in [1.807, 2.05) is 60.3 Å². The molecule has 3 aromatic heterocycles. The average Bonchev–Trinajstić information content (AvgIpc) is 3.16. The highest BCUT2D eigenvalue weighted by Gasteiger charge is 2.17. The van der Waals surface area contributed by atoms with E-state index in [1.54, 1.807) is 6.20 Å². The fourth-order valence-corrected chi connectivity index (χ4v) is 4.40. The fraction of sp³-hybridized carbons (Fsp3) is 0.179. The second-order valence-electron chi connectivity index (χ2n) is 8.81. The number of imidazole rings is 1. The van der Waals surface area contributed by atoms with E-state index < -0.39 is 0 Å². The molecule has 0 fully saturated rings. The maximum Gasteiger partial charge on any atom is 0.258 e. The zero-order chi connectivity index (χ0) is 22.9. The van der Waals surface area contributed by atoms with Crippen LogP contribution in [0.5, 0.6) is 0 Å². The van der Waals surface area contributed by atoms with Crippen molar-refractivity contribution in [2.75, 3.05) is 0 Å². The highest BCUT2D eigenvalue weighted by Crippen LogP contribution is 2.34. The van der Waals surface area contributed by atoms with Gasteiger partial charge in [0.2, 0.25) is 0 Å². The van der Waals surface area contributed by atoms with Gasteiger partial charge < -0.3 is 9.55 Å². The van der Waals surface area contributed by atoms with E-state index in [2.05, 4.69) is 48.1 Å². The third kappa shape index (κ3) is 3.98. The van der Waals surface area contributed by atoms with E-state index in [4.69, 9.17) is 4.98 Å². The number of H-pyrrole nitrogens is 1. The molecule has 0 atom stereocenters. The summed E-state index contributed by atoms with van der Waals surface area (Å²) in [6.45, 7) is 4.46. The molecule has 0 saturated carbocycles. The number of para-hydroxylation sites is 1. The van der Waals surface area contributed by atoms with Crippen LogP contribution in [0.1, 0.15) is 19.4 Å². The first-order valence-electron chi connectivity index (χ1n) is 11.2. The van der Waals surface area contributed by atoms with Gasteiger partial charge in [0.25, 0.3) is 5.56 Å². The van der Waals surface area contributed by atoms with Crippen LogP contribution >= 0.6 is 0 Å². The van der Waals surface area contributed by atoms with Crippen LogP contribution in [-0.2, 0) is 13.5 Å². The monoisotopic (exact) mass is 434 g/mol. The van der Waals surface area contributed by atoms with Gasteiger partial charge in [0, 0.05) is 30.6 Å². The summed E-state index contributed by atoms with van der Waals surface area (Å²) in [5.74, 6) is 1.20. The van der Waals surface area contributed by atoms with Gasteiger partial charge in [-0.05, 0) is 65.9 Å². The number of aryl methyl sites for hydroxylation is 1. The zero-order valence-corrected chi connectivity index (χ0v) is 19.0. The van der Waals surface area contributed by atoms with Crippen molar-refractivity contribution in [1.29, 1.82) is 0 Å². The quantitative estimate of drug-likeness (QED) is 0.377. The summed E-state index contributed by atoms with van der Waals surface area (Å²) < 4.78 is 1.99. The van der Waals surface area contributed by atoms with E-state index >= 15 is 0 Å². The third-order valence-electron chi connectivity index (χ3n) is 5.88. The predicted molar refractivity (Wildman–Crippen MR) is 134 cm³/mol. The molecule has 33 heavy (non-hydrogen) atoms. The van der Waals surface area contributed by atoms with Crippen molar-refractivity contribution in [3.63, 3.8) is 0 Å². The lowest BCUT2D eigenvalue weighted by Crippen LogP contribution is -2.09. The number of pyridine rings is 2. The van der Waals surface area contributed by atoms with Gasteiger partial charge in [-0.15, -0.1) is 0 Å². The Kier molecular flexibility index (Phi) is 5.38. The van der Waals surface area contributed by atoms with Gasteiger partial charge in [-0.1, -0.05) is 38.1 Å². The number of fused-ring (bicyclic) bond motifs is 1. The normalized spacial score (nSPS) is 11.4. The SMILES string of the molecule is CC(C)Cc1cc(-c2ccccn2)cc(-c2cccc3c2nc(-c2ccc[nH]c2=O)n3C)c1. The van der Waals surface area contributed by atoms with Gasteiger partial charge in [0.1, 0.15) is 5.82 Å². The Labute approximate surface area is 192 Å². The lowest BCUT2D eigenvalue weighted by Gasteiger charge is -2.12. The van der Waals surface area contributed by atoms with Crippen molar-refractivity contribution < 1.29 is 0 Å². The number of nitrogens with one attached hydrogen (secondary N) is 1. The highest BCUT2D eigenvalue weighted by atomic mass is 16.1. The smallest absolute Gasteiger partial charge is 0.258 e.